The van der Waals surface area contributed by atoms with Gasteiger partial charge in [0.25, 0.3) is 0 Å². The van der Waals surface area contributed by atoms with Crippen molar-refractivity contribution in [3.8, 4) is 39.9 Å². The van der Waals surface area contributed by atoms with Gasteiger partial charge >= 0.3 is 5.97 Å². The number of rotatable bonds is 6. The normalized spacial score (nSPS) is 25.4. The molecule has 3 aromatic rings. The van der Waals surface area contributed by atoms with Crippen molar-refractivity contribution in [3.05, 3.63) is 41.5 Å². The number of aliphatic hydroxyl groups is 4. The molecule has 0 aliphatic carbocycles. The van der Waals surface area contributed by atoms with Gasteiger partial charge in [0.15, 0.2) is 23.0 Å². The molecule has 0 spiro atoms. The van der Waals surface area contributed by atoms with E-state index < -0.39 is 43.3 Å². The van der Waals surface area contributed by atoms with E-state index >= 15 is 0 Å². The highest BCUT2D eigenvalue weighted by molar-refractivity contribution is 6.14. The summed E-state index contributed by atoms with van der Waals surface area (Å²) >= 11 is 0. The van der Waals surface area contributed by atoms with Crippen molar-refractivity contribution in [3.63, 3.8) is 0 Å². The Hall–Kier alpha value is -3.81. The molecule has 4 N–H and O–H groups in total. The number of carbonyl (C=O) groups excluding carboxylic acids is 1. The van der Waals surface area contributed by atoms with E-state index in [0.29, 0.717) is 50.5 Å². The molecule has 1 unspecified atom stereocenters. The molecule has 0 saturated carbocycles. The smallest absolute Gasteiger partial charge is 0.339 e. The lowest BCUT2D eigenvalue weighted by molar-refractivity contribution is -0.277. The van der Waals surface area contributed by atoms with Crippen LogP contribution in [0.2, 0.25) is 0 Å². The lowest BCUT2D eigenvalue weighted by atomic mass is 9.89. The van der Waals surface area contributed by atoms with Gasteiger partial charge in [-0.15, -0.1) is 0 Å². The highest BCUT2D eigenvalue weighted by Gasteiger charge is 2.45. The van der Waals surface area contributed by atoms with Crippen LogP contribution in [0.25, 0.3) is 21.9 Å². The second-order valence-corrected chi connectivity index (χ2v) is 9.27. The van der Waals surface area contributed by atoms with Gasteiger partial charge in [-0.1, -0.05) is 6.07 Å². The Morgan fingerprint density at radius 3 is 2.31 bits per heavy atom. The largest absolute Gasteiger partial charge is 0.493 e. The van der Waals surface area contributed by atoms with Crippen LogP contribution in [-0.4, -0.2) is 84.7 Å². The van der Waals surface area contributed by atoms with E-state index in [2.05, 4.69) is 0 Å². The quantitative estimate of drug-likeness (QED) is 0.329. The zero-order chi connectivity index (χ0) is 27.4. The summed E-state index contributed by atoms with van der Waals surface area (Å²) in [6, 6.07) is 8.66. The van der Waals surface area contributed by atoms with Gasteiger partial charge in [0.05, 0.1) is 26.4 Å². The molecule has 3 aromatic carbocycles. The lowest BCUT2D eigenvalue weighted by Gasteiger charge is -2.39. The highest BCUT2D eigenvalue weighted by Crippen LogP contribution is 2.49. The van der Waals surface area contributed by atoms with E-state index in [1.807, 2.05) is 0 Å². The minimum atomic E-state index is -1.67. The van der Waals surface area contributed by atoms with Crippen LogP contribution in [0.3, 0.4) is 0 Å². The predicted molar refractivity (Wildman–Crippen MR) is 132 cm³/mol. The van der Waals surface area contributed by atoms with E-state index in [9.17, 15) is 25.2 Å². The van der Waals surface area contributed by atoms with Crippen LogP contribution in [0, 0.1) is 0 Å². The van der Waals surface area contributed by atoms with Gasteiger partial charge in [0.2, 0.25) is 13.1 Å². The molecule has 39 heavy (non-hydrogen) atoms. The summed E-state index contributed by atoms with van der Waals surface area (Å²) in [7, 11) is 2.96. The third-order valence-corrected chi connectivity index (χ3v) is 7.16. The summed E-state index contributed by atoms with van der Waals surface area (Å²) in [5.74, 6) is 1.39. The van der Waals surface area contributed by atoms with Crippen molar-refractivity contribution in [2.45, 2.75) is 37.3 Å². The van der Waals surface area contributed by atoms with Crippen molar-refractivity contribution >= 4 is 16.7 Å². The highest BCUT2D eigenvalue weighted by atomic mass is 16.7. The van der Waals surface area contributed by atoms with Crippen LogP contribution in [0.15, 0.2) is 30.3 Å². The number of methoxy groups -OCH3 is 2. The first-order valence-corrected chi connectivity index (χ1v) is 12.1. The van der Waals surface area contributed by atoms with Crippen molar-refractivity contribution in [1.82, 2.24) is 0 Å². The first-order valence-electron chi connectivity index (χ1n) is 12.1. The fourth-order valence-corrected chi connectivity index (χ4v) is 5.18. The number of hydrogen-bond donors (Lipinski definition) is 4. The summed E-state index contributed by atoms with van der Waals surface area (Å²) in [6.07, 6.45) is -7.56. The first-order chi connectivity index (χ1) is 18.9. The fourth-order valence-electron chi connectivity index (χ4n) is 5.18. The van der Waals surface area contributed by atoms with Crippen LogP contribution in [0.1, 0.15) is 15.9 Å². The molecule has 0 radical (unpaired) electrons. The number of benzene rings is 3. The number of fused-ring (bicyclic) bond motifs is 3. The second kappa shape index (κ2) is 9.74. The summed E-state index contributed by atoms with van der Waals surface area (Å²) < 4.78 is 39.2. The van der Waals surface area contributed by atoms with E-state index in [0.717, 1.165) is 0 Å². The van der Waals surface area contributed by atoms with Gasteiger partial charge in [0, 0.05) is 16.5 Å². The number of esters is 1. The van der Waals surface area contributed by atoms with Gasteiger partial charge in [-0.2, -0.15) is 0 Å². The SMILES string of the molecule is COc1cc2c(OC3O[C@H](CO)[C@H](O)[C@H](O)[C@H]3O)c3c(c(-c4ccc5c(c4)OCO5)c2cc1OC)C(=O)OC3. The maximum Gasteiger partial charge on any atom is 0.339 e. The van der Waals surface area contributed by atoms with E-state index in [1.165, 1.54) is 14.2 Å². The van der Waals surface area contributed by atoms with E-state index in [4.69, 9.17) is 33.2 Å². The van der Waals surface area contributed by atoms with Gasteiger partial charge in [-0.3, -0.25) is 0 Å². The number of ether oxygens (including phenoxy) is 7. The zero-order valence-electron chi connectivity index (χ0n) is 20.9. The van der Waals surface area contributed by atoms with E-state index in [-0.39, 0.29) is 24.7 Å². The van der Waals surface area contributed by atoms with Gasteiger partial charge in [0.1, 0.15) is 36.8 Å². The molecule has 5 atom stereocenters. The van der Waals surface area contributed by atoms with Crippen molar-refractivity contribution < 1.29 is 58.4 Å². The minimum absolute atomic E-state index is 0.0799. The van der Waals surface area contributed by atoms with Gasteiger partial charge in [-0.25, -0.2) is 4.79 Å². The molecular formula is C27H26O12. The topological polar surface area (TPSA) is 163 Å². The Labute approximate surface area is 221 Å². The molecule has 0 bridgehead atoms. The third-order valence-electron chi connectivity index (χ3n) is 7.16. The maximum absolute atomic E-state index is 13.1. The van der Waals surface area contributed by atoms with E-state index in [1.54, 1.807) is 30.3 Å². The lowest BCUT2D eigenvalue weighted by Crippen LogP contribution is -2.60. The van der Waals surface area contributed by atoms with Crippen LogP contribution in [-0.2, 0) is 16.1 Å². The average Bonchev–Trinajstić information content (AvgIpc) is 3.58. The molecule has 0 amide bonds. The summed E-state index contributed by atoms with van der Waals surface area (Å²) in [4.78, 5) is 13.1. The molecule has 3 aliphatic heterocycles. The average molecular weight is 542 g/mol. The van der Waals surface area contributed by atoms with Crippen LogP contribution >= 0.6 is 0 Å². The van der Waals surface area contributed by atoms with Crippen molar-refractivity contribution in [2.24, 2.45) is 0 Å². The Morgan fingerprint density at radius 2 is 1.59 bits per heavy atom. The summed E-state index contributed by atoms with van der Waals surface area (Å²) in [5, 5.41) is 41.8. The molecule has 1 fully saturated rings. The molecule has 12 heteroatoms. The number of hydrogen-bond acceptors (Lipinski definition) is 12. The van der Waals surface area contributed by atoms with Crippen molar-refractivity contribution in [2.75, 3.05) is 27.6 Å². The monoisotopic (exact) mass is 542 g/mol. The standard InChI is InChI=1S/C27H26O12/c1-33-16-6-12-13(7-17(16)34-2)25(39-27-24(31)23(30)22(29)19(8-28)38-27)14-9-35-26(32)21(14)20(12)11-3-4-15-18(5-11)37-10-36-15/h3-7,19,22-24,27-31H,8-10H2,1-2H3/t19-,22+,23+,24-,27?/m1/s1. The maximum atomic E-state index is 13.1. The first kappa shape index (κ1) is 25.5. The minimum Gasteiger partial charge on any atom is -0.493 e. The molecular weight excluding hydrogens is 516 g/mol. The van der Waals surface area contributed by atoms with Crippen LogP contribution in [0.4, 0.5) is 0 Å². The number of carbonyl (C=O) groups is 1. The van der Waals surface area contributed by atoms with Gasteiger partial charge < -0.3 is 53.6 Å². The third kappa shape index (κ3) is 3.99. The Bertz CT molecular complexity index is 1450. The molecule has 0 aromatic heterocycles. The summed E-state index contributed by atoms with van der Waals surface area (Å²) in [6.45, 7) is -0.682. The predicted octanol–water partition coefficient (Wildman–Crippen LogP) is 1.10. The Balaban J connectivity index is 1.59. The van der Waals surface area contributed by atoms with Crippen LogP contribution < -0.4 is 23.7 Å². The second-order valence-electron chi connectivity index (χ2n) is 9.27. The number of aliphatic hydroxyl groups excluding tert-OH is 4. The zero-order valence-corrected chi connectivity index (χ0v) is 20.9. The summed E-state index contributed by atoms with van der Waals surface area (Å²) in [5.41, 5.74) is 1.78. The van der Waals surface area contributed by atoms with Crippen LogP contribution in [0.5, 0.6) is 28.7 Å². The number of cyclic esters (lactones) is 1. The Morgan fingerprint density at radius 1 is 0.872 bits per heavy atom. The Kier molecular flexibility index (Phi) is 6.36. The molecule has 12 nitrogen and oxygen atoms in total. The molecule has 6 rings (SSSR count). The molecule has 206 valence electrons. The fraction of sp³-hybridized carbons (Fsp3) is 0.370. The molecule has 1 saturated heterocycles. The molecule has 3 heterocycles. The van der Waals surface area contributed by atoms with Crippen molar-refractivity contribution in [1.29, 1.82) is 0 Å². The molecule has 3 aliphatic rings. The van der Waals surface area contributed by atoms with Gasteiger partial charge in [-0.05, 0) is 35.2 Å².